The fourth-order valence-corrected chi connectivity index (χ4v) is 3.33. The van der Waals surface area contributed by atoms with Gasteiger partial charge in [-0.05, 0) is 13.0 Å². The van der Waals surface area contributed by atoms with Gasteiger partial charge in [-0.2, -0.15) is 5.10 Å². The Balaban J connectivity index is 2.85. The lowest BCUT2D eigenvalue weighted by atomic mass is 10.3. The molecule has 0 aliphatic carbocycles. The summed E-state index contributed by atoms with van der Waals surface area (Å²) in [4.78, 5) is 21.8. The summed E-state index contributed by atoms with van der Waals surface area (Å²) in [5.74, 6) is -2.96. The summed E-state index contributed by atoms with van der Waals surface area (Å²) < 4.78 is 25.4. The molecule has 0 aliphatic heterocycles. The summed E-state index contributed by atoms with van der Waals surface area (Å²) in [7, 11) is -2.08. The molecule has 1 rings (SSSR count). The molecule has 0 saturated carbocycles. The van der Waals surface area contributed by atoms with Crippen molar-refractivity contribution in [3.63, 3.8) is 0 Å². The van der Waals surface area contributed by atoms with Crippen LogP contribution >= 0.6 is 0 Å². The monoisotopic (exact) mass is 303 g/mol. The molecule has 2 N–H and O–H groups in total. The maximum absolute atomic E-state index is 12.0. The second-order valence-corrected chi connectivity index (χ2v) is 6.66. The van der Waals surface area contributed by atoms with E-state index in [1.807, 2.05) is 0 Å². The van der Waals surface area contributed by atoms with Crippen LogP contribution in [0.25, 0.3) is 0 Å². The summed E-state index contributed by atoms with van der Waals surface area (Å²) in [6.07, 6.45) is 0. The number of carbonyl (C=O) groups excluding carboxylic acids is 1. The van der Waals surface area contributed by atoms with Gasteiger partial charge < -0.3 is 10.4 Å². The van der Waals surface area contributed by atoms with Gasteiger partial charge in [-0.15, -0.1) is 0 Å². The minimum atomic E-state index is -3.69. The zero-order valence-electron chi connectivity index (χ0n) is 11.5. The van der Waals surface area contributed by atoms with E-state index in [0.29, 0.717) is 11.4 Å². The van der Waals surface area contributed by atoms with Crippen molar-refractivity contribution in [3.8, 4) is 0 Å². The first-order chi connectivity index (χ1) is 9.10. The van der Waals surface area contributed by atoms with Crippen LogP contribution in [0.4, 0.5) is 0 Å². The van der Waals surface area contributed by atoms with Crippen LogP contribution in [0.3, 0.4) is 0 Å². The van der Waals surface area contributed by atoms with Gasteiger partial charge in [0.15, 0.2) is 9.84 Å². The fraction of sp³-hybridized carbons (Fsp3) is 0.545. The Kier molecular flexibility index (Phi) is 4.88. The number of hydrogen-bond donors (Lipinski definition) is 2. The average molecular weight is 303 g/mol. The zero-order valence-corrected chi connectivity index (χ0v) is 12.3. The predicted octanol–water partition coefficient (Wildman–Crippen LogP) is -0.767. The normalized spacial score (nSPS) is 12.9. The molecule has 1 atom stereocenters. The number of carboxylic acids is 1. The second-order valence-electron chi connectivity index (χ2n) is 4.55. The highest BCUT2D eigenvalue weighted by atomic mass is 32.2. The van der Waals surface area contributed by atoms with E-state index in [9.17, 15) is 18.0 Å². The third-order valence-electron chi connectivity index (χ3n) is 2.56. The number of sulfone groups is 1. The molecule has 0 aliphatic rings. The van der Waals surface area contributed by atoms with Crippen molar-refractivity contribution in [1.82, 2.24) is 15.1 Å². The first-order valence-corrected chi connectivity index (χ1v) is 7.62. The lowest BCUT2D eigenvalue weighted by Gasteiger charge is -2.13. The number of carboxylic acid groups (broad SMARTS) is 1. The minimum absolute atomic E-state index is 0.326. The quantitative estimate of drug-likeness (QED) is 0.712. The third kappa shape index (κ3) is 4.65. The summed E-state index contributed by atoms with van der Waals surface area (Å²) in [5.41, 5.74) is 1.14. The maximum atomic E-state index is 12.0. The minimum Gasteiger partial charge on any atom is -0.480 e. The molecule has 1 heterocycles. The van der Waals surface area contributed by atoms with E-state index in [1.165, 1.54) is 4.68 Å². The number of nitrogens with one attached hydrogen (secondary N) is 1. The van der Waals surface area contributed by atoms with E-state index in [1.54, 1.807) is 20.0 Å². The van der Waals surface area contributed by atoms with E-state index in [-0.39, 0.29) is 5.75 Å². The van der Waals surface area contributed by atoms with Crippen LogP contribution in [0.15, 0.2) is 6.07 Å². The van der Waals surface area contributed by atoms with Gasteiger partial charge in [-0.3, -0.25) is 9.48 Å². The molecule has 0 saturated heterocycles. The molecule has 112 valence electrons. The van der Waals surface area contributed by atoms with Crippen molar-refractivity contribution in [3.05, 3.63) is 17.5 Å². The average Bonchev–Trinajstić information content (AvgIpc) is 2.54. The summed E-state index contributed by atoms with van der Waals surface area (Å²) >= 11 is 0. The van der Waals surface area contributed by atoms with Crippen molar-refractivity contribution in [2.45, 2.75) is 25.6 Å². The SMILES string of the molecule is CC(=O)N[C@@H](CS(=O)(=O)Cc1cc(C)nn1C)C(=O)O. The van der Waals surface area contributed by atoms with Gasteiger partial charge in [-0.1, -0.05) is 0 Å². The second kappa shape index (κ2) is 6.04. The Hall–Kier alpha value is -1.90. The number of amides is 1. The van der Waals surface area contributed by atoms with Crippen LogP contribution < -0.4 is 5.32 Å². The predicted molar refractivity (Wildman–Crippen MR) is 70.7 cm³/mol. The Labute approximate surface area is 116 Å². The molecule has 0 fully saturated rings. The number of hydrogen-bond acceptors (Lipinski definition) is 5. The van der Waals surface area contributed by atoms with Crippen LogP contribution in [0, 0.1) is 6.92 Å². The van der Waals surface area contributed by atoms with Crippen molar-refractivity contribution in [1.29, 1.82) is 0 Å². The number of aromatic nitrogens is 2. The van der Waals surface area contributed by atoms with Gasteiger partial charge in [0, 0.05) is 14.0 Å². The number of rotatable bonds is 6. The number of aliphatic carboxylic acids is 1. The molecule has 0 spiro atoms. The lowest BCUT2D eigenvalue weighted by Crippen LogP contribution is -2.44. The van der Waals surface area contributed by atoms with E-state index < -0.39 is 33.5 Å². The number of carbonyl (C=O) groups is 2. The molecule has 1 aromatic heterocycles. The fourth-order valence-electron chi connectivity index (χ4n) is 1.76. The summed E-state index contributed by atoms with van der Waals surface area (Å²) in [6, 6.07) is 0.165. The standard InChI is InChI=1S/C11H17N3O5S/c1-7-4-9(14(3)13-7)5-20(18,19)6-10(11(16)17)12-8(2)15/h4,10H,5-6H2,1-3H3,(H,12,15)(H,16,17)/t10-/m0/s1. The van der Waals surface area contributed by atoms with Gasteiger partial charge in [0.1, 0.15) is 6.04 Å². The van der Waals surface area contributed by atoms with Crippen molar-refractivity contribution in [2.75, 3.05) is 5.75 Å². The topological polar surface area (TPSA) is 118 Å². The Morgan fingerprint density at radius 2 is 2.10 bits per heavy atom. The van der Waals surface area contributed by atoms with Crippen LogP contribution in [0.2, 0.25) is 0 Å². The van der Waals surface area contributed by atoms with Gasteiger partial charge in [-0.25, -0.2) is 13.2 Å². The summed E-state index contributed by atoms with van der Waals surface area (Å²) in [6.45, 7) is 2.86. The highest BCUT2D eigenvalue weighted by Gasteiger charge is 2.27. The molecule has 0 unspecified atom stereocenters. The van der Waals surface area contributed by atoms with Crippen LogP contribution in [-0.2, 0) is 32.2 Å². The smallest absolute Gasteiger partial charge is 0.327 e. The Morgan fingerprint density at radius 1 is 1.50 bits per heavy atom. The van der Waals surface area contributed by atoms with Gasteiger partial charge in [0.2, 0.25) is 5.91 Å². The van der Waals surface area contributed by atoms with E-state index in [4.69, 9.17) is 5.11 Å². The molecule has 0 bridgehead atoms. The van der Waals surface area contributed by atoms with Crippen molar-refractivity contribution in [2.24, 2.45) is 7.05 Å². The maximum Gasteiger partial charge on any atom is 0.327 e. The van der Waals surface area contributed by atoms with Gasteiger partial charge in [0.05, 0.1) is 22.9 Å². The largest absolute Gasteiger partial charge is 0.480 e. The molecule has 1 amide bonds. The highest BCUT2D eigenvalue weighted by molar-refractivity contribution is 7.90. The van der Waals surface area contributed by atoms with Gasteiger partial charge >= 0.3 is 5.97 Å². The number of nitrogens with zero attached hydrogens (tertiary/aromatic N) is 2. The first-order valence-electron chi connectivity index (χ1n) is 5.80. The zero-order chi connectivity index (χ0) is 15.5. The van der Waals surface area contributed by atoms with Crippen molar-refractivity contribution < 1.29 is 23.1 Å². The molecule has 8 nitrogen and oxygen atoms in total. The van der Waals surface area contributed by atoms with Crippen molar-refractivity contribution >= 4 is 21.7 Å². The van der Waals surface area contributed by atoms with E-state index in [2.05, 4.69) is 10.4 Å². The number of aryl methyl sites for hydroxylation is 2. The van der Waals surface area contributed by atoms with Gasteiger partial charge in [0.25, 0.3) is 0 Å². The molecule has 1 aromatic rings. The van der Waals surface area contributed by atoms with Crippen LogP contribution in [-0.4, -0.2) is 47.0 Å². The first kappa shape index (κ1) is 16.2. The molecular weight excluding hydrogens is 286 g/mol. The third-order valence-corrected chi connectivity index (χ3v) is 4.14. The Morgan fingerprint density at radius 3 is 2.50 bits per heavy atom. The molecule has 0 aromatic carbocycles. The molecule has 0 radical (unpaired) electrons. The molecule has 20 heavy (non-hydrogen) atoms. The molecule has 9 heteroatoms. The van der Waals surface area contributed by atoms with Crippen LogP contribution in [0.5, 0.6) is 0 Å². The lowest BCUT2D eigenvalue weighted by molar-refractivity contribution is -0.140. The highest BCUT2D eigenvalue weighted by Crippen LogP contribution is 2.09. The summed E-state index contributed by atoms with van der Waals surface area (Å²) in [5, 5.41) is 15.0. The molecular formula is C11H17N3O5S. The van der Waals surface area contributed by atoms with Crippen LogP contribution in [0.1, 0.15) is 18.3 Å². The van der Waals surface area contributed by atoms with E-state index >= 15 is 0 Å². The van der Waals surface area contributed by atoms with E-state index in [0.717, 1.165) is 6.92 Å². The Bertz CT molecular complexity index is 620.